The van der Waals surface area contributed by atoms with Crippen molar-refractivity contribution in [1.82, 2.24) is 14.5 Å². The lowest BCUT2D eigenvalue weighted by Crippen LogP contribution is -2.40. The molecule has 2 aromatic heterocycles. The predicted molar refractivity (Wildman–Crippen MR) is 118 cm³/mol. The molecular weight excluding hydrogens is 390 g/mol. The van der Waals surface area contributed by atoms with Crippen molar-refractivity contribution >= 4 is 17.1 Å². The minimum Gasteiger partial charge on any atom is -0.378 e. The first-order chi connectivity index (χ1) is 15.2. The van der Waals surface area contributed by atoms with Crippen LogP contribution in [0.2, 0.25) is 0 Å². The standard InChI is InChI=1S/C24H25N5O2/c25-16-18-7-10-27(11-8-18)22-2-1-9-29-23(22)21(17-26-29)19-3-5-20(6-4-19)24(30)28-12-14-31-15-13-28/h1-6,9,17-18H,7-8,10-15H2. The van der Waals surface area contributed by atoms with Crippen molar-refractivity contribution in [3.8, 4) is 17.2 Å². The van der Waals surface area contributed by atoms with E-state index in [4.69, 9.17) is 4.74 Å². The van der Waals surface area contributed by atoms with Crippen molar-refractivity contribution in [2.75, 3.05) is 44.3 Å². The predicted octanol–water partition coefficient (Wildman–Crippen LogP) is 3.21. The van der Waals surface area contributed by atoms with Gasteiger partial charge in [-0.1, -0.05) is 12.1 Å². The summed E-state index contributed by atoms with van der Waals surface area (Å²) in [5, 5.41) is 13.8. The number of pyridine rings is 1. The lowest BCUT2D eigenvalue weighted by atomic mass is 9.97. The molecule has 0 aliphatic carbocycles. The zero-order valence-corrected chi connectivity index (χ0v) is 17.4. The van der Waals surface area contributed by atoms with Gasteiger partial charge in [-0.25, -0.2) is 4.52 Å². The summed E-state index contributed by atoms with van der Waals surface area (Å²) in [6.45, 7) is 4.22. The molecule has 3 aromatic rings. The second kappa shape index (κ2) is 8.40. The summed E-state index contributed by atoms with van der Waals surface area (Å²) in [7, 11) is 0. The molecule has 5 rings (SSSR count). The van der Waals surface area contributed by atoms with Crippen LogP contribution in [-0.4, -0.2) is 59.8 Å². The van der Waals surface area contributed by atoms with Crippen molar-refractivity contribution in [3.05, 3.63) is 54.4 Å². The lowest BCUT2D eigenvalue weighted by Gasteiger charge is -2.31. The quantitative estimate of drug-likeness (QED) is 0.657. The second-order valence-corrected chi connectivity index (χ2v) is 8.12. The average Bonchev–Trinajstić information content (AvgIpc) is 3.29. The number of rotatable bonds is 3. The molecule has 1 amide bonds. The molecule has 31 heavy (non-hydrogen) atoms. The van der Waals surface area contributed by atoms with Gasteiger partial charge in [0, 0.05) is 49.4 Å². The minimum absolute atomic E-state index is 0.0516. The Morgan fingerprint density at radius 1 is 1.06 bits per heavy atom. The van der Waals surface area contributed by atoms with Crippen LogP contribution in [-0.2, 0) is 4.74 Å². The zero-order chi connectivity index (χ0) is 21.2. The fourth-order valence-electron chi connectivity index (χ4n) is 4.48. The summed E-state index contributed by atoms with van der Waals surface area (Å²) in [5.41, 5.74) is 4.97. The molecule has 0 N–H and O–H groups in total. The molecule has 0 bridgehead atoms. The van der Waals surface area contributed by atoms with Crippen LogP contribution in [0.25, 0.3) is 16.6 Å². The number of piperidine rings is 1. The molecule has 0 atom stereocenters. The van der Waals surface area contributed by atoms with E-state index in [0.717, 1.165) is 48.3 Å². The van der Waals surface area contributed by atoms with E-state index in [1.54, 1.807) is 0 Å². The third kappa shape index (κ3) is 3.75. The van der Waals surface area contributed by atoms with Gasteiger partial charge in [-0.05, 0) is 42.7 Å². The molecule has 2 fully saturated rings. The molecule has 7 nitrogen and oxygen atoms in total. The Bertz CT molecular complexity index is 1120. The Labute approximate surface area is 181 Å². The first kappa shape index (κ1) is 19.6. The fraction of sp³-hybridized carbons (Fsp3) is 0.375. The molecular formula is C24H25N5O2. The molecule has 4 heterocycles. The topological polar surface area (TPSA) is 73.9 Å². The van der Waals surface area contributed by atoms with Crippen LogP contribution in [0, 0.1) is 17.2 Å². The number of hydrogen-bond acceptors (Lipinski definition) is 5. The number of fused-ring (bicyclic) bond motifs is 1. The van der Waals surface area contributed by atoms with Crippen molar-refractivity contribution in [2.24, 2.45) is 5.92 Å². The van der Waals surface area contributed by atoms with E-state index in [-0.39, 0.29) is 11.8 Å². The number of carbonyl (C=O) groups excluding carboxylic acids is 1. The highest BCUT2D eigenvalue weighted by Gasteiger charge is 2.23. The Balaban J connectivity index is 1.44. The van der Waals surface area contributed by atoms with E-state index in [0.29, 0.717) is 31.9 Å². The molecule has 2 aliphatic heterocycles. The highest BCUT2D eigenvalue weighted by molar-refractivity contribution is 5.96. The Morgan fingerprint density at radius 2 is 1.81 bits per heavy atom. The van der Waals surface area contributed by atoms with Gasteiger partial charge < -0.3 is 14.5 Å². The molecule has 2 aliphatic rings. The van der Waals surface area contributed by atoms with E-state index >= 15 is 0 Å². The van der Waals surface area contributed by atoms with Crippen LogP contribution in [0.1, 0.15) is 23.2 Å². The largest absolute Gasteiger partial charge is 0.378 e. The molecule has 0 spiro atoms. The van der Waals surface area contributed by atoms with E-state index in [9.17, 15) is 10.1 Å². The van der Waals surface area contributed by atoms with Crippen LogP contribution < -0.4 is 4.90 Å². The smallest absolute Gasteiger partial charge is 0.254 e. The number of benzene rings is 1. The van der Waals surface area contributed by atoms with E-state index in [1.165, 1.54) is 0 Å². The van der Waals surface area contributed by atoms with Gasteiger partial charge in [0.05, 0.1) is 36.7 Å². The van der Waals surface area contributed by atoms with Crippen molar-refractivity contribution < 1.29 is 9.53 Å². The molecule has 0 unspecified atom stereocenters. The first-order valence-electron chi connectivity index (χ1n) is 10.8. The highest BCUT2D eigenvalue weighted by atomic mass is 16.5. The maximum Gasteiger partial charge on any atom is 0.254 e. The minimum atomic E-state index is 0.0516. The average molecular weight is 415 g/mol. The van der Waals surface area contributed by atoms with Gasteiger partial charge in [-0.2, -0.15) is 10.4 Å². The van der Waals surface area contributed by atoms with Gasteiger partial charge in [0.1, 0.15) is 0 Å². The second-order valence-electron chi connectivity index (χ2n) is 8.12. The number of morpholine rings is 1. The number of nitrogens with zero attached hydrogens (tertiary/aromatic N) is 5. The van der Waals surface area contributed by atoms with Crippen LogP contribution in [0.5, 0.6) is 0 Å². The molecule has 158 valence electrons. The number of nitriles is 1. The van der Waals surface area contributed by atoms with Gasteiger partial charge in [0.15, 0.2) is 0 Å². The third-order valence-corrected chi connectivity index (χ3v) is 6.28. The number of aromatic nitrogens is 2. The SMILES string of the molecule is N#CC1CCN(c2cccn3ncc(-c4ccc(C(=O)N5CCOCC5)cc4)c23)CC1. The molecule has 7 heteroatoms. The van der Waals surface area contributed by atoms with E-state index in [1.807, 2.05) is 52.1 Å². The van der Waals surface area contributed by atoms with Gasteiger partial charge in [0.2, 0.25) is 0 Å². The summed E-state index contributed by atoms with van der Waals surface area (Å²) in [5.74, 6) is 0.202. The number of anilines is 1. The van der Waals surface area contributed by atoms with Crippen LogP contribution in [0.3, 0.4) is 0 Å². The monoisotopic (exact) mass is 415 g/mol. The number of ether oxygens (including phenoxy) is 1. The van der Waals surface area contributed by atoms with Gasteiger partial charge in [-0.15, -0.1) is 0 Å². The van der Waals surface area contributed by atoms with Crippen molar-refractivity contribution in [1.29, 1.82) is 5.26 Å². The maximum absolute atomic E-state index is 12.7. The lowest BCUT2D eigenvalue weighted by molar-refractivity contribution is 0.0303. The third-order valence-electron chi connectivity index (χ3n) is 6.28. The van der Waals surface area contributed by atoms with Gasteiger partial charge in [0.25, 0.3) is 5.91 Å². The molecule has 2 saturated heterocycles. The summed E-state index contributed by atoms with van der Waals surface area (Å²) < 4.78 is 7.26. The fourth-order valence-corrected chi connectivity index (χ4v) is 4.48. The van der Waals surface area contributed by atoms with E-state index in [2.05, 4.69) is 22.1 Å². The van der Waals surface area contributed by atoms with Crippen LogP contribution in [0.4, 0.5) is 5.69 Å². The number of carbonyl (C=O) groups is 1. The summed E-state index contributed by atoms with van der Waals surface area (Å²) in [6.07, 6.45) is 5.62. The van der Waals surface area contributed by atoms with E-state index < -0.39 is 0 Å². The highest BCUT2D eigenvalue weighted by Crippen LogP contribution is 2.34. The number of hydrogen-bond donors (Lipinski definition) is 0. The van der Waals surface area contributed by atoms with Gasteiger partial charge in [-0.3, -0.25) is 4.79 Å². The van der Waals surface area contributed by atoms with Crippen LogP contribution >= 0.6 is 0 Å². The molecule has 1 aromatic carbocycles. The molecule has 0 radical (unpaired) electrons. The molecule has 0 saturated carbocycles. The van der Waals surface area contributed by atoms with Crippen molar-refractivity contribution in [3.63, 3.8) is 0 Å². The Kier molecular flexibility index (Phi) is 5.31. The summed E-state index contributed by atoms with van der Waals surface area (Å²) >= 11 is 0. The number of amides is 1. The normalized spacial score (nSPS) is 17.6. The Morgan fingerprint density at radius 3 is 2.52 bits per heavy atom. The summed E-state index contributed by atoms with van der Waals surface area (Å²) in [6, 6.07) is 14.4. The zero-order valence-electron chi connectivity index (χ0n) is 17.4. The Hall–Kier alpha value is -3.37. The van der Waals surface area contributed by atoms with Gasteiger partial charge >= 0.3 is 0 Å². The van der Waals surface area contributed by atoms with Crippen molar-refractivity contribution in [2.45, 2.75) is 12.8 Å². The summed E-state index contributed by atoms with van der Waals surface area (Å²) in [4.78, 5) is 16.9. The maximum atomic E-state index is 12.7. The first-order valence-corrected chi connectivity index (χ1v) is 10.8. The van der Waals surface area contributed by atoms with Crippen LogP contribution in [0.15, 0.2) is 48.8 Å².